The first-order valence-electron chi connectivity index (χ1n) is 10.7. The van der Waals surface area contributed by atoms with Crippen molar-refractivity contribution in [2.45, 2.75) is 71.0 Å². The van der Waals surface area contributed by atoms with E-state index in [1.807, 2.05) is 26.0 Å². The van der Waals surface area contributed by atoms with Crippen LogP contribution in [0.2, 0.25) is 0 Å². The minimum atomic E-state index is -0.575. The first-order chi connectivity index (χ1) is 13.7. The second-order valence-corrected chi connectivity index (χ2v) is 10.00. The van der Waals surface area contributed by atoms with Gasteiger partial charge < -0.3 is 14.3 Å². The van der Waals surface area contributed by atoms with E-state index in [0.717, 1.165) is 48.6 Å². The molecule has 29 heavy (non-hydrogen) atoms. The zero-order chi connectivity index (χ0) is 20.4. The third-order valence-corrected chi connectivity index (χ3v) is 7.58. The maximum Gasteiger partial charge on any atom is 0.336 e. The van der Waals surface area contributed by atoms with Gasteiger partial charge in [0.25, 0.3) is 0 Å². The normalized spacial score (nSPS) is 32.7. The second kappa shape index (κ2) is 6.43. The Hall–Kier alpha value is -2.14. The zero-order valence-corrected chi connectivity index (χ0v) is 17.1. The van der Waals surface area contributed by atoms with Gasteiger partial charge >= 0.3 is 11.6 Å². The first-order valence-corrected chi connectivity index (χ1v) is 10.7. The lowest BCUT2D eigenvalue weighted by molar-refractivity contribution is -0.177. The van der Waals surface area contributed by atoms with E-state index >= 15 is 0 Å². The summed E-state index contributed by atoms with van der Waals surface area (Å²) in [6.45, 7) is 3.96. The summed E-state index contributed by atoms with van der Waals surface area (Å²) < 4.78 is 11.0. The number of fused-ring (bicyclic) bond motifs is 1. The fraction of sp³-hybridized carbons (Fsp3) is 0.583. The van der Waals surface area contributed by atoms with Crippen LogP contribution < -0.4 is 5.63 Å². The highest BCUT2D eigenvalue weighted by atomic mass is 16.5. The lowest BCUT2D eigenvalue weighted by Gasteiger charge is -2.60. The largest absolute Gasteiger partial charge is 0.461 e. The van der Waals surface area contributed by atoms with Crippen LogP contribution in [-0.2, 0) is 16.1 Å². The van der Waals surface area contributed by atoms with Gasteiger partial charge in [-0.25, -0.2) is 4.79 Å². The monoisotopic (exact) mass is 396 g/mol. The summed E-state index contributed by atoms with van der Waals surface area (Å²) in [5.74, 6) is 0.853. The number of ether oxygens (including phenoxy) is 1. The zero-order valence-electron chi connectivity index (χ0n) is 17.1. The lowest BCUT2D eigenvalue weighted by Crippen LogP contribution is -2.56. The van der Waals surface area contributed by atoms with Gasteiger partial charge in [0.2, 0.25) is 0 Å². The number of aliphatic hydroxyl groups is 1. The number of rotatable bonds is 4. The van der Waals surface area contributed by atoms with E-state index in [9.17, 15) is 14.7 Å². The molecule has 5 heteroatoms. The van der Waals surface area contributed by atoms with Gasteiger partial charge in [0.05, 0.1) is 12.0 Å². The molecule has 0 saturated heterocycles. The summed E-state index contributed by atoms with van der Waals surface area (Å²) in [6.07, 6.45) is 6.12. The summed E-state index contributed by atoms with van der Waals surface area (Å²) in [5, 5.41) is 11.7. The Morgan fingerprint density at radius 1 is 1.21 bits per heavy atom. The summed E-state index contributed by atoms with van der Waals surface area (Å²) >= 11 is 0. The summed E-state index contributed by atoms with van der Waals surface area (Å²) in [6, 6.07) is 5.31. The van der Waals surface area contributed by atoms with E-state index in [0.29, 0.717) is 29.4 Å². The van der Waals surface area contributed by atoms with Crippen LogP contribution in [0.5, 0.6) is 0 Å². The maximum absolute atomic E-state index is 12.7. The average molecular weight is 396 g/mol. The molecule has 0 unspecified atom stereocenters. The molecule has 1 heterocycles. The van der Waals surface area contributed by atoms with Crippen LogP contribution in [0.3, 0.4) is 0 Å². The molecule has 6 rings (SSSR count). The molecule has 5 nitrogen and oxygen atoms in total. The number of esters is 1. The number of carbonyl (C=O) groups excluding carboxylic acids is 1. The molecule has 0 radical (unpaired) electrons. The third-order valence-electron chi connectivity index (χ3n) is 7.58. The van der Waals surface area contributed by atoms with Crippen molar-refractivity contribution in [2.75, 3.05) is 0 Å². The molecule has 1 aromatic heterocycles. The SMILES string of the molecule is Cc1ccc2c(COC(=O)CC34C[C@H]5C[C@@H](CC(O)(C5)C3)C4)cc(=O)oc2c1C. The molecule has 4 saturated carbocycles. The molecule has 4 bridgehead atoms. The van der Waals surface area contributed by atoms with Crippen LogP contribution in [-0.4, -0.2) is 16.7 Å². The molecule has 0 spiro atoms. The van der Waals surface area contributed by atoms with Gasteiger partial charge in [-0.05, 0) is 80.8 Å². The highest BCUT2D eigenvalue weighted by molar-refractivity contribution is 5.84. The Morgan fingerprint density at radius 3 is 2.62 bits per heavy atom. The number of carbonyl (C=O) groups is 1. The van der Waals surface area contributed by atoms with Crippen molar-refractivity contribution >= 4 is 16.9 Å². The molecule has 2 atom stereocenters. The van der Waals surface area contributed by atoms with Gasteiger partial charge in [-0.1, -0.05) is 12.1 Å². The van der Waals surface area contributed by atoms with Crippen molar-refractivity contribution in [1.82, 2.24) is 0 Å². The predicted molar refractivity (Wildman–Crippen MR) is 108 cm³/mol. The second-order valence-electron chi connectivity index (χ2n) is 10.00. The fourth-order valence-corrected chi connectivity index (χ4v) is 6.77. The van der Waals surface area contributed by atoms with Gasteiger partial charge in [-0.3, -0.25) is 4.79 Å². The van der Waals surface area contributed by atoms with Crippen molar-refractivity contribution in [2.24, 2.45) is 17.3 Å². The van der Waals surface area contributed by atoms with E-state index in [4.69, 9.17) is 9.15 Å². The molecular weight excluding hydrogens is 368 g/mol. The van der Waals surface area contributed by atoms with Gasteiger partial charge in [0, 0.05) is 17.0 Å². The topological polar surface area (TPSA) is 76.7 Å². The fourth-order valence-electron chi connectivity index (χ4n) is 6.77. The van der Waals surface area contributed by atoms with E-state index in [1.165, 1.54) is 12.5 Å². The maximum atomic E-state index is 12.7. The van der Waals surface area contributed by atoms with Crippen molar-refractivity contribution < 1.29 is 19.1 Å². The van der Waals surface area contributed by atoms with Gasteiger partial charge in [0.1, 0.15) is 12.2 Å². The van der Waals surface area contributed by atoms with Crippen molar-refractivity contribution in [1.29, 1.82) is 0 Å². The Labute approximate surface area is 170 Å². The van der Waals surface area contributed by atoms with E-state index in [2.05, 4.69) is 0 Å². The molecule has 4 aliphatic rings. The molecule has 0 amide bonds. The van der Waals surface area contributed by atoms with Crippen molar-refractivity contribution in [3.8, 4) is 0 Å². The Balaban J connectivity index is 1.33. The molecule has 2 aromatic rings. The highest BCUT2D eigenvalue weighted by Gasteiger charge is 2.57. The van der Waals surface area contributed by atoms with Crippen LogP contribution in [0.1, 0.15) is 61.6 Å². The molecule has 154 valence electrons. The van der Waals surface area contributed by atoms with E-state index in [-0.39, 0.29) is 18.0 Å². The summed E-state index contributed by atoms with van der Waals surface area (Å²) in [7, 11) is 0. The van der Waals surface area contributed by atoms with Crippen LogP contribution in [0, 0.1) is 31.1 Å². The number of aryl methyl sites for hydroxylation is 2. The predicted octanol–water partition coefficient (Wildman–Crippen LogP) is 4.17. The average Bonchev–Trinajstić information content (AvgIpc) is 2.60. The van der Waals surface area contributed by atoms with E-state index in [1.54, 1.807) is 0 Å². The number of benzene rings is 1. The quantitative estimate of drug-likeness (QED) is 0.620. The molecule has 4 fully saturated rings. The van der Waals surface area contributed by atoms with Gasteiger partial charge in [-0.15, -0.1) is 0 Å². The first kappa shape index (κ1) is 18.9. The minimum absolute atomic E-state index is 0.0661. The molecule has 0 aliphatic heterocycles. The minimum Gasteiger partial charge on any atom is -0.461 e. The highest BCUT2D eigenvalue weighted by Crippen LogP contribution is 2.62. The Morgan fingerprint density at radius 2 is 1.93 bits per heavy atom. The van der Waals surface area contributed by atoms with Crippen molar-refractivity contribution in [3.63, 3.8) is 0 Å². The van der Waals surface area contributed by atoms with Gasteiger partial charge in [-0.2, -0.15) is 0 Å². The number of hydrogen-bond acceptors (Lipinski definition) is 5. The Kier molecular flexibility index (Phi) is 4.18. The third kappa shape index (κ3) is 3.29. The van der Waals surface area contributed by atoms with Crippen molar-refractivity contribution in [3.05, 3.63) is 45.3 Å². The van der Waals surface area contributed by atoms with Gasteiger partial charge in [0.15, 0.2) is 0 Å². The summed E-state index contributed by atoms with van der Waals surface area (Å²) in [4.78, 5) is 24.8. The van der Waals surface area contributed by atoms with Crippen LogP contribution in [0.4, 0.5) is 0 Å². The lowest BCUT2D eigenvalue weighted by atomic mass is 9.47. The number of hydrogen-bond donors (Lipinski definition) is 1. The molecule has 4 aliphatic carbocycles. The standard InChI is InChI=1S/C24H28O5/c1-14-3-4-19-18(6-20(25)29-22(19)15(14)2)12-28-21(26)11-23-7-16-5-17(8-23)10-24(27,9-16)13-23/h3-4,6,16-17,27H,5,7-13H2,1-2H3/t16-,17-,23?,24?/m1/s1. The molecule has 1 aromatic carbocycles. The smallest absolute Gasteiger partial charge is 0.336 e. The van der Waals surface area contributed by atoms with Crippen LogP contribution in [0.25, 0.3) is 11.0 Å². The Bertz CT molecular complexity index is 1040. The molecular formula is C24H28O5. The molecule has 1 N–H and O–H groups in total. The van der Waals surface area contributed by atoms with Crippen LogP contribution >= 0.6 is 0 Å². The summed E-state index contributed by atoms with van der Waals surface area (Å²) in [5.41, 5.74) is 2.10. The van der Waals surface area contributed by atoms with Crippen LogP contribution in [0.15, 0.2) is 27.4 Å². The van der Waals surface area contributed by atoms with E-state index < -0.39 is 11.2 Å².